The number of thioether (sulfide) groups is 1. The van der Waals surface area contributed by atoms with Crippen LogP contribution in [-0.2, 0) is 16.9 Å². The van der Waals surface area contributed by atoms with Crippen LogP contribution in [-0.4, -0.2) is 45.9 Å². The van der Waals surface area contributed by atoms with Crippen LogP contribution < -0.4 is 0 Å². The lowest BCUT2D eigenvalue weighted by Gasteiger charge is -2.09. The summed E-state index contributed by atoms with van der Waals surface area (Å²) in [7, 11) is -1.10. The van der Waals surface area contributed by atoms with Crippen molar-refractivity contribution in [1.29, 1.82) is 0 Å². The van der Waals surface area contributed by atoms with Crippen LogP contribution in [0.25, 0.3) is 11.0 Å². The summed E-state index contributed by atoms with van der Waals surface area (Å²) in [5.74, 6) is 0.983. The fourth-order valence-corrected chi connectivity index (χ4v) is 4.12. The van der Waals surface area contributed by atoms with Gasteiger partial charge >= 0.3 is 0 Å². The minimum atomic E-state index is -2.93. The first kappa shape index (κ1) is 14.3. The molecule has 0 amide bonds. The van der Waals surface area contributed by atoms with Crippen LogP contribution in [0, 0.1) is 5.92 Å². The van der Waals surface area contributed by atoms with Gasteiger partial charge in [-0.2, -0.15) is 5.10 Å². The predicted molar refractivity (Wildman–Crippen MR) is 75.9 cm³/mol. The monoisotopic (exact) mass is 300 g/mol. The Morgan fingerprint density at radius 1 is 1.42 bits per heavy atom. The highest BCUT2D eigenvalue weighted by Gasteiger charge is 2.13. The van der Waals surface area contributed by atoms with Crippen molar-refractivity contribution in [3.05, 3.63) is 12.5 Å². The molecule has 0 aromatic carbocycles. The quantitative estimate of drug-likeness (QED) is 0.608. The van der Waals surface area contributed by atoms with Crippen LogP contribution in [0.2, 0.25) is 0 Å². The van der Waals surface area contributed by atoms with Gasteiger partial charge in [-0.15, -0.1) is 11.8 Å². The van der Waals surface area contributed by atoms with E-state index in [0.29, 0.717) is 5.75 Å². The largest absolute Gasteiger partial charge is 0.250 e. The van der Waals surface area contributed by atoms with Gasteiger partial charge in [0.25, 0.3) is 0 Å². The Bertz CT molecular complexity index is 681. The van der Waals surface area contributed by atoms with Crippen molar-refractivity contribution in [2.75, 3.05) is 17.8 Å². The molecule has 104 valence electrons. The van der Waals surface area contributed by atoms with E-state index in [1.54, 1.807) is 22.6 Å². The van der Waals surface area contributed by atoms with Gasteiger partial charge in [-0.3, -0.25) is 4.68 Å². The molecule has 0 spiro atoms. The van der Waals surface area contributed by atoms with E-state index in [1.165, 1.54) is 12.6 Å². The standard InChI is InChI=1S/C11H16N4O2S2/c1-8(6-19(3,16)17)5-18-11-9-4-14-15(2)10(9)12-7-13-11/h4,7-8H,5-6H2,1-3H3/t8-/m1/s1. The number of fused-ring (bicyclic) bond motifs is 1. The number of hydrogen-bond acceptors (Lipinski definition) is 6. The summed E-state index contributed by atoms with van der Waals surface area (Å²) in [5, 5.41) is 5.90. The highest BCUT2D eigenvalue weighted by atomic mass is 32.2. The maximum absolute atomic E-state index is 11.2. The second kappa shape index (κ2) is 5.46. The average molecular weight is 300 g/mol. The summed E-state index contributed by atoms with van der Waals surface area (Å²) in [6.07, 6.45) is 4.50. The maximum atomic E-state index is 11.2. The average Bonchev–Trinajstić information content (AvgIpc) is 2.67. The normalized spacial score (nSPS) is 13.8. The van der Waals surface area contributed by atoms with Crippen molar-refractivity contribution in [3.8, 4) is 0 Å². The fraction of sp³-hybridized carbons (Fsp3) is 0.545. The third-order valence-corrected chi connectivity index (χ3v) is 5.09. The Morgan fingerprint density at radius 3 is 2.84 bits per heavy atom. The molecule has 0 bridgehead atoms. The fourth-order valence-electron chi connectivity index (χ4n) is 1.84. The van der Waals surface area contributed by atoms with Crippen molar-refractivity contribution < 1.29 is 8.42 Å². The molecule has 0 aliphatic heterocycles. The zero-order chi connectivity index (χ0) is 14.0. The third kappa shape index (κ3) is 3.66. The Morgan fingerprint density at radius 2 is 2.16 bits per heavy atom. The van der Waals surface area contributed by atoms with E-state index in [4.69, 9.17) is 0 Å². The van der Waals surface area contributed by atoms with E-state index >= 15 is 0 Å². The lowest BCUT2D eigenvalue weighted by atomic mass is 10.3. The van der Waals surface area contributed by atoms with E-state index < -0.39 is 9.84 Å². The molecule has 0 aliphatic carbocycles. The molecule has 2 aromatic rings. The summed E-state index contributed by atoms with van der Waals surface area (Å²) in [4.78, 5) is 8.41. The van der Waals surface area contributed by atoms with E-state index in [-0.39, 0.29) is 11.7 Å². The lowest BCUT2D eigenvalue weighted by molar-refractivity contribution is 0.589. The van der Waals surface area contributed by atoms with E-state index in [1.807, 2.05) is 14.0 Å². The van der Waals surface area contributed by atoms with Crippen LogP contribution in [0.3, 0.4) is 0 Å². The maximum Gasteiger partial charge on any atom is 0.162 e. The second-order valence-corrected chi connectivity index (χ2v) is 7.89. The van der Waals surface area contributed by atoms with Gasteiger partial charge in [-0.25, -0.2) is 18.4 Å². The van der Waals surface area contributed by atoms with Gasteiger partial charge in [-0.05, 0) is 5.92 Å². The molecule has 2 rings (SSSR count). The molecule has 19 heavy (non-hydrogen) atoms. The molecule has 0 radical (unpaired) electrons. The molecule has 0 fully saturated rings. The minimum Gasteiger partial charge on any atom is -0.250 e. The molecule has 0 unspecified atom stereocenters. The zero-order valence-electron chi connectivity index (χ0n) is 11.1. The number of aromatic nitrogens is 4. The first-order chi connectivity index (χ1) is 8.87. The predicted octanol–water partition coefficient (Wildman–Crippen LogP) is 1.14. The first-order valence-electron chi connectivity index (χ1n) is 5.80. The summed E-state index contributed by atoms with van der Waals surface area (Å²) in [6, 6.07) is 0. The molecular weight excluding hydrogens is 284 g/mol. The van der Waals surface area contributed by atoms with Gasteiger partial charge in [0, 0.05) is 19.1 Å². The number of rotatable bonds is 5. The van der Waals surface area contributed by atoms with E-state index in [0.717, 1.165) is 16.1 Å². The Hall–Kier alpha value is -1.15. The highest BCUT2D eigenvalue weighted by molar-refractivity contribution is 7.99. The van der Waals surface area contributed by atoms with Crippen molar-refractivity contribution in [2.45, 2.75) is 11.9 Å². The Balaban J connectivity index is 2.10. The van der Waals surface area contributed by atoms with Crippen molar-refractivity contribution in [1.82, 2.24) is 19.7 Å². The highest BCUT2D eigenvalue weighted by Crippen LogP contribution is 2.25. The molecule has 0 saturated carbocycles. The summed E-state index contributed by atoms with van der Waals surface area (Å²) in [6.45, 7) is 1.93. The molecule has 2 aromatic heterocycles. The summed E-state index contributed by atoms with van der Waals surface area (Å²) in [5.41, 5.74) is 0.785. The van der Waals surface area contributed by atoms with Gasteiger partial charge in [0.1, 0.15) is 21.2 Å². The van der Waals surface area contributed by atoms with Gasteiger partial charge in [0.15, 0.2) is 5.65 Å². The summed E-state index contributed by atoms with van der Waals surface area (Å²) >= 11 is 1.54. The molecule has 0 N–H and O–H groups in total. The zero-order valence-corrected chi connectivity index (χ0v) is 12.7. The van der Waals surface area contributed by atoms with Crippen LogP contribution in [0.5, 0.6) is 0 Å². The molecule has 2 heterocycles. The molecule has 8 heteroatoms. The molecule has 6 nitrogen and oxygen atoms in total. The van der Waals surface area contributed by atoms with E-state index in [9.17, 15) is 8.42 Å². The number of hydrogen-bond donors (Lipinski definition) is 0. The van der Waals surface area contributed by atoms with Crippen molar-refractivity contribution in [3.63, 3.8) is 0 Å². The van der Waals surface area contributed by atoms with Crippen LogP contribution >= 0.6 is 11.8 Å². The van der Waals surface area contributed by atoms with Crippen molar-refractivity contribution in [2.24, 2.45) is 13.0 Å². The van der Waals surface area contributed by atoms with Crippen LogP contribution in [0.4, 0.5) is 0 Å². The number of sulfone groups is 1. The van der Waals surface area contributed by atoms with E-state index in [2.05, 4.69) is 15.1 Å². The Labute approximate surface area is 116 Å². The molecular formula is C11H16N4O2S2. The number of aryl methyl sites for hydroxylation is 1. The van der Waals surface area contributed by atoms with Gasteiger partial charge in [-0.1, -0.05) is 6.92 Å². The topological polar surface area (TPSA) is 77.7 Å². The van der Waals surface area contributed by atoms with Crippen LogP contribution in [0.15, 0.2) is 17.6 Å². The SMILES string of the molecule is C[C@H](CSc1ncnc2c1cnn2C)CS(C)(=O)=O. The first-order valence-corrected chi connectivity index (χ1v) is 8.84. The van der Waals surface area contributed by atoms with Crippen molar-refractivity contribution >= 4 is 32.6 Å². The third-order valence-electron chi connectivity index (χ3n) is 2.58. The van der Waals surface area contributed by atoms with Gasteiger partial charge in [0.05, 0.1) is 17.3 Å². The molecule has 0 saturated heterocycles. The van der Waals surface area contributed by atoms with Gasteiger partial charge in [0.2, 0.25) is 0 Å². The Kier molecular flexibility index (Phi) is 4.10. The molecule has 1 atom stereocenters. The van der Waals surface area contributed by atoms with Crippen LogP contribution in [0.1, 0.15) is 6.92 Å². The number of nitrogens with zero attached hydrogens (tertiary/aromatic N) is 4. The summed E-state index contributed by atoms with van der Waals surface area (Å²) < 4.78 is 24.1. The second-order valence-electron chi connectivity index (χ2n) is 4.69. The lowest BCUT2D eigenvalue weighted by Crippen LogP contribution is -2.13. The van der Waals surface area contributed by atoms with Gasteiger partial charge < -0.3 is 0 Å². The molecule has 0 aliphatic rings. The minimum absolute atomic E-state index is 0.0849. The smallest absolute Gasteiger partial charge is 0.162 e.